The van der Waals surface area contributed by atoms with E-state index in [-0.39, 0.29) is 0 Å². The van der Waals surface area contributed by atoms with Crippen LogP contribution in [0.25, 0.3) is 0 Å². The van der Waals surface area contributed by atoms with Crippen molar-refractivity contribution in [3.63, 3.8) is 0 Å². The van der Waals surface area contributed by atoms with Gasteiger partial charge in [-0.25, -0.2) is 0 Å². The maximum Gasteiger partial charge on any atom is 0.0188 e. The molecule has 2 nitrogen and oxygen atoms in total. The number of rotatable bonds is 4. The zero-order valence-corrected chi connectivity index (χ0v) is 9.05. The maximum absolute atomic E-state index is 5.97. The summed E-state index contributed by atoms with van der Waals surface area (Å²) in [6.45, 7) is 5.36. The summed E-state index contributed by atoms with van der Waals surface area (Å²) in [6, 6.07) is 1.07. The van der Waals surface area contributed by atoms with Gasteiger partial charge in [0.1, 0.15) is 0 Å². The van der Waals surface area contributed by atoms with Crippen molar-refractivity contribution in [2.45, 2.75) is 58.0 Å². The molecule has 2 heteroatoms. The third-order valence-electron chi connectivity index (χ3n) is 3.10. The number of nitrogens with one attached hydrogen (secondary N) is 1. The molecule has 0 heterocycles. The molecular weight excluding hydrogens is 160 g/mol. The third-order valence-corrected chi connectivity index (χ3v) is 3.10. The Kier molecular flexibility index (Phi) is 4.74. The quantitative estimate of drug-likeness (QED) is 0.700. The van der Waals surface area contributed by atoms with Gasteiger partial charge in [-0.2, -0.15) is 0 Å². The largest absolute Gasteiger partial charge is 0.326 e. The Morgan fingerprint density at radius 1 is 1.23 bits per heavy atom. The molecule has 0 amide bonds. The Morgan fingerprint density at radius 3 is 2.38 bits per heavy atom. The van der Waals surface area contributed by atoms with Crippen LogP contribution in [0.2, 0.25) is 0 Å². The van der Waals surface area contributed by atoms with Crippen LogP contribution < -0.4 is 11.1 Å². The maximum atomic E-state index is 5.97. The first-order valence-electron chi connectivity index (χ1n) is 5.69. The number of nitrogens with two attached hydrogens (primary N) is 1. The molecule has 0 unspecified atom stereocenters. The molecule has 1 fully saturated rings. The molecule has 0 aromatic rings. The molecule has 1 aliphatic rings. The van der Waals surface area contributed by atoms with Crippen molar-refractivity contribution < 1.29 is 0 Å². The Balaban J connectivity index is 2.10. The summed E-state index contributed by atoms with van der Waals surface area (Å²) in [7, 11) is 0. The van der Waals surface area contributed by atoms with Crippen LogP contribution in [0.4, 0.5) is 0 Å². The van der Waals surface area contributed by atoms with Crippen molar-refractivity contribution in [2.24, 2.45) is 11.7 Å². The minimum atomic E-state index is 0.321. The van der Waals surface area contributed by atoms with Crippen molar-refractivity contribution in [2.75, 3.05) is 6.54 Å². The highest BCUT2D eigenvalue weighted by molar-refractivity contribution is 4.76. The van der Waals surface area contributed by atoms with Crippen LogP contribution in [0.1, 0.15) is 46.0 Å². The lowest BCUT2D eigenvalue weighted by Crippen LogP contribution is -2.42. The van der Waals surface area contributed by atoms with Gasteiger partial charge in [0.05, 0.1) is 0 Å². The Bertz CT molecular complexity index is 128. The van der Waals surface area contributed by atoms with E-state index in [0.717, 1.165) is 12.6 Å². The van der Waals surface area contributed by atoms with E-state index in [9.17, 15) is 0 Å². The van der Waals surface area contributed by atoms with Gasteiger partial charge >= 0.3 is 0 Å². The average Bonchev–Trinajstić information content (AvgIpc) is 2.15. The first-order chi connectivity index (χ1) is 6.20. The molecule has 0 aromatic carbocycles. The first kappa shape index (κ1) is 11.0. The molecule has 3 N–H and O–H groups in total. The van der Waals surface area contributed by atoms with Gasteiger partial charge in [0, 0.05) is 18.6 Å². The highest BCUT2D eigenvalue weighted by Crippen LogP contribution is 2.17. The van der Waals surface area contributed by atoms with Gasteiger partial charge in [-0.15, -0.1) is 0 Å². The molecule has 13 heavy (non-hydrogen) atoms. The smallest absolute Gasteiger partial charge is 0.0188 e. The van der Waals surface area contributed by atoms with Crippen LogP contribution in [-0.2, 0) is 0 Å². The lowest BCUT2D eigenvalue weighted by atomic mass is 9.95. The van der Waals surface area contributed by atoms with E-state index in [1.807, 2.05) is 0 Å². The highest BCUT2D eigenvalue weighted by Gasteiger charge is 2.14. The third kappa shape index (κ3) is 4.10. The molecule has 0 saturated heterocycles. The number of hydrogen-bond donors (Lipinski definition) is 2. The monoisotopic (exact) mass is 184 g/mol. The summed E-state index contributed by atoms with van der Waals surface area (Å²) in [6.07, 6.45) is 6.92. The van der Waals surface area contributed by atoms with E-state index >= 15 is 0 Å². The second-order valence-electron chi connectivity index (χ2n) is 4.65. The minimum absolute atomic E-state index is 0.321. The molecule has 0 bridgehead atoms. The molecule has 0 radical (unpaired) electrons. The van der Waals surface area contributed by atoms with Crippen molar-refractivity contribution in [1.82, 2.24) is 5.32 Å². The van der Waals surface area contributed by atoms with Crippen LogP contribution in [0.5, 0.6) is 0 Å². The van der Waals surface area contributed by atoms with Crippen LogP contribution in [0.15, 0.2) is 0 Å². The van der Waals surface area contributed by atoms with Crippen LogP contribution >= 0.6 is 0 Å². The van der Waals surface area contributed by atoms with Crippen LogP contribution in [-0.4, -0.2) is 18.6 Å². The molecule has 0 spiro atoms. The minimum Gasteiger partial charge on any atom is -0.326 e. The topological polar surface area (TPSA) is 38.0 Å². The van der Waals surface area contributed by atoms with E-state index in [2.05, 4.69) is 19.2 Å². The van der Waals surface area contributed by atoms with E-state index in [0.29, 0.717) is 12.0 Å². The summed E-state index contributed by atoms with van der Waals surface area (Å²) in [5.74, 6) is 0.594. The lowest BCUT2D eigenvalue weighted by molar-refractivity contribution is 0.347. The summed E-state index contributed by atoms with van der Waals surface area (Å²) < 4.78 is 0. The SMILES string of the molecule is CC(C)[C@H](N)CNC1CCCCC1. The second-order valence-corrected chi connectivity index (χ2v) is 4.65. The Hall–Kier alpha value is -0.0800. The fourth-order valence-electron chi connectivity index (χ4n) is 1.85. The van der Waals surface area contributed by atoms with Gasteiger partial charge in [-0.3, -0.25) is 0 Å². The van der Waals surface area contributed by atoms with E-state index in [1.54, 1.807) is 0 Å². The van der Waals surface area contributed by atoms with Gasteiger partial charge in [0.15, 0.2) is 0 Å². The van der Waals surface area contributed by atoms with Crippen molar-refractivity contribution >= 4 is 0 Å². The molecular formula is C11H24N2. The second kappa shape index (κ2) is 5.61. The summed E-state index contributed by atoms with van der Waals surface area (Å²) in [4.78, 5) is 0. The zero-order valence-electron chi connectivity index (χ0n) is 9.05. The fourth-order valence-corrected chi connectivity index (χ4v) is 1.85. The van der Waals surface area contributed by atoms with Crippen molar-refractivity contribution in [3.8, 4) is 0 Å². The van der Waals surface area contributed by atoms with Gasteiger partial charge in [-0.05, 0) is 18.8 Å². The molecule has 78 valence electrons. The molecule has 1 atom stereocenters. The molecule has 0 aromatic heterocycles. The van der Waals surface area contributed by atoms with Gasteiger partial charge in [-0.1, -0.05) is 33.1 Å². The van der Waals surface area contributed by atoms with Crippen molar-refractivity contribution in [1.29, 1.82) is 0 Å². The molecule has 1 aliphatic carbocycles. The van der Waals surface area contributed by atoms with Gasteiger partial charge in [0.2, 0.25) is 0 Å². The molecule has 1 rings (SSSR count). The Morgan fingerprint density at radius 2 is 1.85 bits per heavy atom. The van der Waals surface area contributed by atoms with Crippen LogP contribution in [0.3, 0.4) is 0 Å². The lowest BCUT2D eigenvalue weighted by Gasteiger charge is -2.25. The standard InChI is InChI=1S/C11H24N2/c1-9(2)11(12)8-13-10-6-4-3-5-7-10/h9-11,13H,3-8,12H2,1-2H3/t11-/m1/s1. The Labute approximate surface area is 82.3 Å². The predicted octanol–water partition coefficient (Wildman–Crippen LogP) is 1.89. The summed E-state index contributed by atoms with van der Waals surface area (Å²) in [5.41, 5.74) is 5.97. The summed E-state index contributed by atoms with van der Waals surface area (Å²) in [5, 5.41) is 3.58. The van der Waals surface area contributed by atoms with E-state index in [1.165, 1.54) is 32.1 Å². The fraction of sp³-hybridized carbons (Fsp3) is 1.00. The van der Waals surface area contributed by atoms with Gasteiger partial charge in [0.25, 0.3) is 0 Å². The number of hydrogen-bond acceptors (Lipinski definition) is 2. The first-order valence-corrected chi connectivity index (χ1v) is 5.69. The predicted molar refractivity (Wildman–Crippen MR) is 57.7 cm³/mol. The highest BCUT2D eigenvalue weighted by atomic mass is 14.9. The normalized spacial score (nSPS) is 22.2. The zero-order chi connectivity index (χ0) is 9.68. The van der Waals surface area contributed by atoms with E-state index in [4.69, 9.17) is 5.73 Å². The van der Waals surface area contributed by atoms with Crippen LogP contribution in [0, 0.1) is 5.92 Å². The van der Waals surface area contributed by atoms with E-state index < -0.39 is 0 Å². The van der Waals surface area contributed by atoms with Crippen molar-refractivity contribution in [3.05, 3.63) is 0 Å². The summed E-state index contributed by atoms with van der Waals surface area (Å²) >= 11 is 0. The van der Waals surface area contributed by atoms with Gasteiger partial charge < -0.3 is 11.1 Å². The average molecular weight is 184 g/mol. The molecule has 0 aliphatic heterocycles. The molecule has 1 saturated carbocycles.